The van der Waals surface area contributed by atoms with Crippen molar-refractivity contribution in [3.05, 3.63) is 36.0 Å². The summed E-state index contributed by atoms with van der Waals surface area (Å²) in [7, 11) is 2.47. The third-order valence-corrected chi connectivity index (χ3v) is 7.52. The van der Waals surface area contributed by atoms with E-state index in [1.165, 1.54) is 30.2 Å². The number of methoxy groups -OCH3 is 2. The lowest BCUT2D eigenvalue weighted by Gasteiger charge is -2.17. The minimum Gasteiger partial charge on any atom is -0.354 e. The summed E-state index contributed by atoms with van der Waals surface area (Å²) in [6, 6.07) is 6.59. The van der Waals surface area contributed by atoms with Crippen LogP contribution >= 0.6 is 11.8 Å². The Kier molecular flexibility index (Phi) is 8.59. The number of nitrogens with zero attached hydrogens (tertiary/aromatic N) is 6. The number of thioether (sulfide) groups is 1. The first-order valence-electron chi connectivity index (χ1n) is 10.3. The van der Waals surface area contributed by atoms with Crippen LogP contribution in [0.25, 0.3) is 11.4 Å². The van der Waals surface area contributed by atoms with Crippen LogP contribution in [0.5, 0.6) is 0 Å². The summed E-state index contributed by atoms with van der Waals surface area (Å²) in [5.74, 6) is 2.10. The number of ether oxygens (including phenoxy) is 2. The molecule has 11 nitrogen and oxygen atoms in total. The van der Waals surface area contributed by atoms with Gasteiger partial charge < -0.3 is 14.0 Å². The Hall–Kier alpha value is -2.32. The SMILES string of the molecule is CCCc1nc(CSc2nnc(-c3cccc(S(=O)(=O)N(C)C)c3)n2CC(OC)OC)no1. The molecule has 0 bridgehead atoms. The Morgan fingerprint density at radius 3 is 2.64 bits per heavy atom. The number of benzene rings is 1. The molecular weight excluding hydrogens is 468 g/mol. The normalized spacial score (nSPS) is 12.2. The van der Waals surface area contributed by atoms with Crippen molar-refractivity contribution >= 4 is 21.8 Å². The van der Waals surface area contributed by atoms with Gasteiger partial charge in [-0.05, 0) is 18.6 Å². The topological polar surface area (TPSA) is 125 Å². The first kappa shape index (κ1) is 25.3. The van der Waals surface area contributed by atoms with Crippen molar-refractivity contribution in [1.29, 1.82) is 0 Å². The lowest BCUT2D eigenvalue weighted by Crippen LogP contribution is -2.22. The quantitative estimate of drug-likeness (QED) is 0.273. The second-order valence-corrected chi connectivity index (χ2v) is 10.4. The highest BCUT2D eigenvalue weighted by Crippen LogP contribution is 2.28. The van der Waals surface area contributed by atoms with E-state index in [0.29, 0.717) is 40.6 Å². The van der Waals surface area contributed by atoms with Crippen molar-refractivity contribution in [1.82, 2.24) is 29.2 Å². The predicted octanol–water partition coefficient (Wildman–Crippen LogP) is 2.44. The number of rotatable bonds is 12. The van der Waals surface area contributed by atoms with Crippen LogP contribution < -0.4 is 0 Å². The molecule has 0 fully saturated rings. The molecule has 2 heterocycles. The largest absolute Gasteiger partial charge is 0.354 e. The van der Waals surface area contributed by atoms with E-state index in [1.54, 1.807) is 38.5 Å². The van der Waals surface area contributed by atoms with E-state index in [2.05, 4.69) is 20.3 Å². The smallest absolute Gasteiger partial charge is 0.242 e. The Bertz CT molecular complexity index is 1160. The summed E-state index contributed by atoms with van der Waals surface area (Å²) in [5.41, 5.74) is 0.605. The second-order valence-electron chi connectivity index (χ2n) is 7.28. The maximum absolute atomic E-state index is 12.6. The molecule has 0 atom stereocenters. The maximum Gasteiger partial charge on any atom is 0.242 e. The summed E-state index contributed by atoms with van der Waals surface area (Å²) in [5, 5.41) is 13.2. The Morgan fingerprint density at radius 2 is 1.97 bits per heavy atom. The number of hydrogen-bond donors (Lipinski definition) is 0. The molecule has 0 unspecified atom stereocenters. The van der Waals surface area contributed by atoms with E-state index in [1.807, 2.05) is 11.5 Å². The second kappa shape index (κ2) is 11.2. The third kappa shape index (κ3) is 5.98. The Morgan fingerprint density at radius 1 is 1.21 bits per heavy atom. The third-order valence-electron chi connectivity index (χ3n) is 4.75. The van der Waals surface area contributed by atoms with Gasteiger partial charge in [0.25, 0.3) is 0 Å². The molecule has 2 aromatic heterocycles. The van der Waals surface area contributed by atoms with E-state index in [4.69, 9.17) is 14.0 Å². The molecule has 3 rings (SSSR count). The summed E-state index contributed by atoms with van der Waals surface area (Å²) in [6.45, 7) is 2.35. The lowest BCUT2D eigenvalue weighted by atomic mass is 10.2. The van der Waals surface area contributed by atoms with Crippen molar-refractivity contribution in [2.24, 2.45) is 0 Å². The minimum absolute atomic E-state index is 0.166. The zero-order valence-electron chi connectivity index (χ0n) is 19.3. The van der Waals surface area contributed by atoms with Gasteiger partial charge in [-0.25, -0.2) is 12.7 Å². The van der Waals surface area contributed by atoms with E-state index < -0.39 is 16.3 Å². The van der Waals surface area contributed by atoms with Gasteiger partial charge in [0.05, 0.1) is 17.2 Å². The highest BCUT2D eigenvalue weighted by molar-refractivity contribution is 7.98. The molecule has 0 radical (unpaired) electrons. The van der Waals surface area contributed by atoms with Crippen molar-refractivity contribution in [3.63, 3.8) is 0 Å². The van der Waals surface area contributed by atoms with Gasteiger partial charge in [-0.2, -0.15) is 4.98 Å². The van der Waals surface area contributed by atoms with Gasteiger partial charge in [0.1, 0.15) is 0 Å². The van der Waals surface area contributed by atoms with Gasteiger partial charge in [0.2, 0.25) is 15.9 Å². The van der Waals surface area contributed by atoms with Crippen molar-refractivity contribution in [2.45, 2.75) is 48.4 Å². The van der Waals surface area contributed by atoms with Gasteiger partial charge >= 0.3 is 0 Å². The Labute approximate surface area is 197 Å². The fourth-order valence-corrected chi connectivity index (χ4v) is 4.71. The molecule has 13 heteroatoms. The fourth-order valence-electron chi connectivity index (χ4n) is 2.97. The number of sulfonamides is 1. The highest BCUT2D eigenvalue weighted by Gasteiger charge is 2.22. The zero-order chi connectivity index (χ0) is 24.0. The molecule has 0 aliphatic rings. The standard InChI is InChI=1S/C20H28N6O5S2/c1-6-8-17-21-16(24-31-17)13-32-20-23-22-19(26(20)12-18(29-4)30-5)14-9-7-10-15(11-14)33(27,28)25(2)3/h7,9-11,18H,6,8,12-13H2,1-5H3. The molecule has 1 aromatic carbocycles. The molecule has 0 saturated carbocycles. The van der Waals surface area contributed by atoms with Crippen molar-refractivity contribution < 1.29 is 22.4 Å². The molecule has 0 aliphatic heterocycles. The van der Waals surface area contributed by atoms with Crippen LogP contribution in [0.1, 0.15) is 25.1 Å². The van der Waals surface area contributed by atoms with Crippen LogP contribution in [0, 0.1) is 0 Å². The van der Waals surface area contributed by atoms with Gasteiger partial charge in [0.15, 0.2) is 23.1 Å². The fraction of sp³-hybridized carbons (Fsp3) is 0.500. The molecular formula is C20H28N6O5S2. The summed E-state index contributed by atoms with van der Waals surface area (Å²) in [4.78, 5) is 4.55. The molecule has 0 N–H and O–H groups in total. The number of aryl methyl sites for hydroxylation is 1. The van der Waals surface area contributed by atoms with Crippen LogP contribution in [0.3, 0.4) is 0 Å². The van der Waals surface area contributed by atoms with Crippen LogP contribution in [0.2, 0.25) is 0 Å². The summed E-state index contributed by atoms with van der Waals surface area (Å²) >= 11 is 1.39. The van der Waals surface area contributed by atoms with Crippen molar-refractivity contribution in [3.8, 4) is 11.4 Å². The minimum atomic E-state index is -3.60. The molecule has 180 valence electrons. The van der Waals surface area contributed by atoms with Crippen LogP contribution in [-0.4, -0.2) is 72.2 Å². The van der Waals surface area contributed by atoms with E-state index in [-0.39, 0.29) is 4.90 Å². The number of hydrogen-bond acceptors (Lipinski definition) is 10. The molecule has 0 spiro atoms. The van der Waals surface area contributed by atoms with Crippen LogP contribution in [-0.2, 0) is 38.2 Å². The van der Waals surface area contributed by atoms with E-state index in [9.17, 15) is 8.42 Å². The van der Waals surface area contributed by atoms with Gasteiger partial charge in [-0.1, -0.05) is 36.0 Å². The molecule has 0 saturated heterocycles. The van der Waals surface area contributed by atoms with Crippen LogP contribution in [0.4, 0.5) is 0 Å². The van der Waals surface area contributed by atoms with Crippen LogP contribution in [0.15, 0.2) is 38.8 Å². The van der Waals surface area contributed by atoms with E-state index >= 15 is 0 Å². The molecule has 0 amide bonds. The first-order valence-corrected chi connectivity index (χ1v) is 12.7. The molecule has 33 heavy (non-hydrogen) atoms. The summed E-state index contributed by atoms with van der Waals surface area (Å²) < 4.78 is 44.2. The Balaban J connectivity index is 1.94. The zero-order valence-corrected chi connectivity index (χ0v) is 20.9. The van der Waals surface area contributed by atoms with E-state index in [0.717, 1.165) is 12.8 Å². The van der Waals surface area contributed by atoms with Gasteiger partial charge in [-0.15, -0.1) is 10.2 Å². The molecule has 0 aliphatic carbocycles. The lowest BCUT2D eigenvalue weighted by molar-refractivity contribution is -0.111. The monoisotopic (exact) mass is 496 g/mol. The van der Waals surface area contributed by atoms with Crippen molar-refractivity contribution in [2.75, 3.05) is 28.3 Å². The summed E-state index contributed by atoms with van der Waals surface area (Å²) in [6.07, 6.45) is 1.10. The molecule has 3 aromatic rings. The first-order chi connectivity index (χ1) is 15.8. The number of aromatic nitrogens is 5. The maximum atomic E-state index is 12.6. The average molecular weight is 497 g/mol. The predicted molar refractivity (Wildman–Crippen MR) is 122 cm³/mol. The highest BCUT2D eigenvalue weighted by atomic mass is 32.2. The average Bonchev–Trinajstić information content (AvgIpc) is 3.42. The van der Waals surface area contributed by atoms with Gasteiger partial charge in [0, 0.05) is 40.3 Å². The van der Waals surface area contributed by atoms with Gasteiger partial charge in [-0.3, -0.25) is 4.57 Å².